The van der Waals surface area contributed by atoms with Gasteiger partial charge in [0.05, 0.1) is 14.1 Å². The van der Waals surface area contributed by atoms with Gasteiger partial charge in [0, 0.05) is 7.05 Å². The number of hydrogen-bond acceptors (Lipinski definition) is 3. The van der Waals surface area contributed by atoms with Crippen molar-refractivity contribution in [1.29, 1.82) is 0 Å². The van der Waals surface area contributed by atoms with Gasteiger partial charge in [0.25, 0.3) is 5.95 Å². The number of anilines is 1. The van der Waals surface area contributed by atoms with Crippen LogP contribution in [-0.2, 0) is 21.1 Å². The van der Waals surface area contributed by atoms with Crippen molar-refractivity contribution in [3.63, 3.8) is 0 Å². The Balaban J connectivity index is 3.09. The molecule has 0 spiro atoms. The molecule has 0 atom stereocenters. The quantitative estimate of drug-likeness (QED) is 0.529. The van der Waals surface area contributed by atoms with Gasteiger partial charge in [-0.25, -0.2) is 4.57 Å². The molecular weight excluding hydrogens is 182 g/mol. The van der Waals surface area contributed by atoms with Gasteiger partial charge in [-0.05, 0) is 0 Å². The van der Waals surface area contributed by atoms with Crippen molar-refractivity contribution < 1.29 is 4.57 Å². The second-order valence-electron chi connectivity index (χ2n) is 3.34. The van der Waals surface area contributed by atoms with Crippen LogP contribution in [0, 0.1) is 0 Å². The number of aromatic nitrogens is 4. The molecule has 2 N–H and O–H groups in total. The molecule has 2 heterocycles. The maximum absolute atomic E-state index is 11.8. The molecule has 14 heavy (non-hydrogen) atoms. The molecule has 2 aromatic heterocycles. The first-order valence-corrected chi connectivity index (χ1v) is 4.19. The standard InChI is InChI=1S/C8H11N5O/c1-11-4-12(2)6-5(11)7(14)13(3)8(9)10-6/h4H,1-3H3,(H-,9,10,14)/p+1. The number of rotatable bonds is 0. The largest absolute Gasteiger partial charge is 0.355 e. The first-order valence-electron chi connectivity index (χ1n) is 4.19. The number of aryl methyl sites for hydroxylation is 2. The Morgan fingerprint density at radius 2 is 2.14 bits per heavy atom. The van der Waals surface area contributed by atoms with Crippen molar-refractivity contribution in [2.75, 3.05) is 5.73 Å². The van der Waals surface area contributed by atoms with E-state index in [-0.39, 0.29) is 11.5 Å². The first-order chi connectivity index (χ1) is 6.52. The fraction of sp³-hybridized carbons (Fsp3) is 0.375. The summed E-state index contributed by atoms with van der Waals surface area (Å²) < 4.78 is 4.85. The maximum atomic E-state index is 11.8. The summed E-state index contributed by atoms with van der Waals surface area (Å²) in [5.74, 6) is 0.226. The maximum Gasteiger partial charge on any atom is 0.311 e. The highest BCUT2D eigenvalue weighted by atomic mass is 16.1. The second-order valence-corrected chi connectivity index (χ2v) is 3.34. The zero-order valence-corrected chi connectivity index (χ0v) is 8.35. The SMILES string of the molecule is Cn1c(N)nc2c(c1=O)n(C)c[n+]2C. The summed E-state index contributed by atoms with van der Waals surface area (Å²) in [4.78, 5) is 15.9. The van der Waals surface area contributed by atoms with Crippen molar-refractivity contribution in [3.8, 4) is 0 Å². The third-order valence-corrected chi connectivity index (χ3v) is 2.32. The summed E-state index contributed by atoms with van der Waals surface area (Å²) in [6, 6.07) is 0. The van der Waals surface area contributed by atoms with E-state index in [9.17, 15) is 4.79 Å². The van der Waals surface area contributed by atoms with Crippen molar-refractivity contribution in [2.45, 2.75) is 0 Å². The summed E-state index contributed by atoms with van der Waals surface area (Å²) in [5.41, 5.74) is 6.63. The van der Waals surface area contributed by atoms with Crippen LogP contribution < -0.4 is 15.9 Å². The molecule has 0 amide bonds. The molecule has 0 radical (unpaired) electrons. The van der Waals surface area contributed by atoms with Gasteiger partial charge < -0.3 is 5.73 Å². The van der Waals surface area contributed by atoms with E-state index in [2.05, 4.69) is 4.98 Å². The van der Waals surface area contributed by atoms with Crippen LogP contribution in [-0.4, -0.2) is 14.1 Å². The molecule has 0 fully saturated rings. The van der Waals surface area contributed by atoms with Crippen molar-refractivity contribution in [2.24, 2.45) is 21.1 Å². The summed E-state index contributed by atoms with van der Waals surface area (Å²) in [6.07, 6.45) is 1.79. The Kier molecular flexibility index (Phi) is 1.60. The third-order valence-electron chi connectivity index (χ3n) is 2.32. The van der Waals surface area contributed by atoms with Crippen molar-refractivity contribution in [1.82, 2.24) is 14.1 Å². The van der Waals surface area contributed by atoms with Crippen LogP contribution in [0.2, 0.25) is 0 Å². The van der Waals surface area contributed by atoms with Gasteiger partial charge in [0.15, 0.2) is 6.33 Å². The highest BCUT2D eigenvalue weighted by Crippen LogP contribution is 2.02. The lowest BCUT2D eigenvalue weighted by Crippen LogP contribution is -2.29. The fourth-order valence-electron chi connectivity index (χ4n) is 1.52. The van der Waals surface area contributed by atoms with E-state index in [1.165, 1.54) is 4.57 Å². The molecule has 2 aromatic rings. The molecule has 6 heteroatoms. The van der Waals surface area contributed by atoms with Crippen LogP contribution in [0.3, 0.4) is 0 Å². The molecule has 0 saturated carbocycles. The van der Waals surface area contributed by atoms with Crippen LogP contribution in [0.4, 0.5) is 5.95 Å². The van der Waals surface area contributed by atoms with E-state index in [1.807, 2.05) is 14.1 Å². The van der Waals surface area contributed by atoms with E-state index >= 15 is 0 Å². The number of nitrogen functional groups attached to an aromatic ring is 1. The molecule has 6 nitrogen and oxygen atoms in total. The fourth-order valence-corrected chi connectivity index (χ4v) is 1.52. The van der Waals surface area contributed by atoms with Gasteiger partial charge in [-0.1, -0.05) is 4.98 Å². The van der Waals surface area contributed by atoms with Crippen LogP contribution in [0.15, 0.2) is 11.1 Å². The van der Waals surface area contributed by atoms with Crippen molar-refractivity contribution in [3.05, 3.63) is 16.7 Å². The minimum atomic E-state index is -0.129. The predicted octanol–water partition coefficient (Wildman–Crippen LogP) is -1.32. The predicted molar refractivity (Wildman–Crippen MR) is 51.5 cm³/mol. The number of nitrogens with zero attached hydrogens (tertiary/aromatic N) is 4. The Hall–Kier alpha value is -1.85. The normalized spacial score (nSPS) is 11.1. The molecule has 0 bridgehead atoms. The van der Waals surface area contributed by atoms with Crippen molar-refractivity contribution >= 4 is 17.1 Å². The summed E-state index contributed by atoms with van der Waals surface area (Å²) in [7, 11) is 5.24. The van der Waals surface area contributed by atoms with Gasteiger partial charge in [0.1, 0.15) is 0 Å². The van der Waals surface area contributed by atoms with E-state index in [4.69, 9.17) is 5.73 Å². The Morgan fingerprint density at radius 1 is 1.50 bits per heavy atom. The monoisotopic (exact) mass is 194 g/mol. The summed E-state index contributed by atoms with van der Waals surface area (Å²) in [6.45, 7) is 0. The molecule has 0 aromatic carbocycles. The molecular formula is C8H12N5O+. The van der Waals surface area contributed by atoms with Gasteiger partial charge in [-0.3, -0.25) is 13.9 Å². The second kappa shape index (κ2) is 2.57. The van der Waals surface area contributed by atoms with Crippen LogP contribution >= 0.6 is 0 Å². The summed E-state index contributed by atoms with van der Waals surface area (Å²) in [5, 5.41) is 0. The minimum Gasteiger partial charge on any atom is -0.355 e. The molecule has 0 unspecified atom stereocenters. The molecule has 2 rings (SSSR count). The Bertz CT molecular complexity index is 565. The zero-order chi connectivity index (χ0) is 10.5. The van der Waals surface area contributed by atoms with Gasteiger partial charge in [-0.2, -0.15) is 0 Å². The first kappa shape index (κ1) is 8.74. The molecule has 74 valence electrons. The highest BCUT2D eigenvalue weighted by Gasteiger charge is 2.18. The lowest BCUT2D eigenvalue weighted by molar-refractivity contribution is -0.647. The van der Waals surface area contributed by atoms with Gasteiger partial charge in [0.2, 0.25) is 5.52 Å². The number of hydrogen-bond donors (Lipinski definition) is 1. The van der Waals surface area contributed by atoms with Gasteiger partial charge >= 0.3 is 11.2 Å². The average Bonchev–Trinajstić information content (AvgIpc) is 2.38. The number of nitrogens with two attached hydrogens (primary N) is 1. The summed E-state index contributed by atoms with van der Waals surface area (Å²) >= 11 is 0. The Labute approximate surface area is 80.2 Å². The zero-order valence-electron chi connectivity index (χ0n) is 8.35. The van der Waals surface area contributed by atoms with Gasteiger partial charge in [-0.15, -0.1) is 0 Å². The van der Waals surface area contributed by atoms with E-state index in [0.717, 1.165) is 0 Å². The van der Waals surface area contributed by atoms with E-state index in [0.29, 0.717) is 11.2 Å². The molecule has 0 aliphatic rings. The van der Waals surface area contributed by atoms with E-state index < -0.39 is 0 Å². The number of imidazole rings is 1. The molecule has 0 aliphatic carbocycles. The lowest BCUT2D eigenvalue weighted by atomic mass is 10.5. The average molecular weight is 194 g/mol. The van der Waals surface area contributed by atoms with E-state index in [1.54, 1.807) is 22.5 Å². The smallest absolute Gasteiger partial charge is 0.311 e. The molecule has 0 saturated heterocycles. The van der Waals surface area contributed by atoms with Crippen LogP contribution in [0.5, 0.6) is 0 Å². The lowest BCUT2D eigenvalue weighted by Gasteiger charge is -1.96. The number of fused-ring (bicyclic) bond motifs is 1. The third kappa shape index (κ3) is 0.935. The molecule has 0 aliphatic heterocycles. The van der Waals surface area contributed by atoms with Crippen LogP contribution in [0.25, 0.3) is 11.2 Å². The van der Waals surface area contributed by atoms with Crippen LogP contribution in [0.1, 0.15) is 0 Å². The topological polar surface area (TPSA) is 69.7 Å². The highest BCUT2D eigenvalue weighted by molar-refractivity contribution is 5.67. The minimum absolute atomic E-state index is 0.129. The Morgan fingerprint density at radius 3 is 2.79 bits per heavy atom.